The molecule has 1 aliphatic rings. The molecule has 1 heterocycles. The van der Waals surface area contributed by atoms with Crippen LogP contribution in [0, 0.1) is 11.7 Å². The van der Waals surface area contributed by atoms with Gasteiger partial charge in [-0.25, -0.2) is 4.39 Å². The van der Waals surface area contributed by atoms with Crippen LogP contribution in [0.3, 0.4) is 0 Å². The summed E-state index contributed by atoms with van der Waals surface area (Å²) in [6.45, 7) is 1.43. The minimum absolute atomic E-state index is 0.224. The summed E-state index contributed by atoms with van der Waals surface area (Å²) in [6, 6.07) is 5.20. The van der Waals surface area contributed by atoms with Gasteiger partial charge in [0.15, 0.2) is 0 Å². The average molecular weight is 258 g/mol. The molecule has 0 bridgehead atoms. The Kier molecular flexibility index (Phi) is 4.37. The quantitative estimate of drug-likeness (QED) is 0.899. The Bertz CT molecular complexity index is 365. The second-order valence-electron chi connectivity index (χ2n) is 4.42. The fraction of sp³-hybridized carbons (Fsp3) is 0.538. The van der Waals surface area contributed by atoms with Gasteiger partial charge < -0.3 is 10.1 Å². The highest BCUT2D eigenvalue weighted by molar-refractivity contribution is 6.31. The van der Waals surface area contributed by atoms with E-state index in [4.69, 9.17) is 16.3 Å². The first kappa shape index (κ1) is 12.8. The maximum absolute atomic E-state index is 13.7. The molecule has 2 nitrogen and oxygen atoms in total. The van der Waals surface area contributed by atoms with Crippen LogP contribution in [0.25, 0.3) is 0 Å². The lowest BCUT2D eigenvalue weighted by Crippen LogP contribution is -2.42. The van der Waals surface area contributed by atoms with Gasteiger partial charge in [0.05, 0.1) is 6.61 Å². The standard InChI is InChI=1S/C13H17ClFNO/c1-16-13-5-6-17-8-9(13)7-10-11(14)3-2-4-12(10)15/h2-4,9,13,16H,5-8H2,1H3/t9-,13+/m1/s1. The van der Waals surface area contributed by atoms with Crippen LogP contribution in [0.2, 0.25) is 5.02 Å². The number of hydrogen-bond donors (Lipinski definition) is 1. The SMILES string of the molecule is CN[C@H]1CCOC[C@H]1Cc1c(F)cccc1Cl. The third-order valence-corrected chi connectivity index (χ3v) is 3.73. The van der Waals surface area contributed by atoms with Crippen molar-refractivity contribution in [1.29, 1.82) is 0 Å². The monoisotopic (exact) mass is 257 g/mol. The molecule has 0 aliphatic carbocycles. The fourth-order valence-corrected chi connectivity index (χ4v) is 2.61. The zero-order valence-electron chi connectivity index (χ0n) is 9.88. The van der Waals surface area contributed by atoms with Gasteiger partial charge in [-0.05, 0) is 32.0 Å². The largest absolute Gasteiger partial charge is 0.381 e. The smallest absolute Gasteiger partial charge is 0.127 e. The number of hydrogen-bond acceptors (Lipinski definition) is 2. The minimum Gasteiger partial charge on any atom is -0.381 e. The molecule has 1 aromatic carbocycles. The van der Waals surface area contributed by atoms with E-state index in [0.29, 0.717) is 29.7 Å². The van der Waals surface area contributed by atoms with Gasteiger partial charge in [0.2, 0.25) is 0 Å². The number of benzene rings is 1. The van der Waals surface area contributed by atoms with Crippen molar-refractivity contribution in [2.24, 2.45) is 5.92 Å². The fourth-order valence-electron chi connectivity index (χ4n) is 2.37. The van der Waals surface area contributed by atoms with Crippen LogP contribution in [0.5, 0.6) is 0 Å². The van der Waals surface area contributed by atoms with E-state index in [-0.39, 0.29) is 11.7 Å². The molecule has 1 aromatic rings. The molecule has 0 aromatic heterocycles. The zero-order valence-corrected chi connectivity index (χ0v) is 10.6. The second-order valence-corrected chi connectivity index (χ2v) is 4.83. The Morgan fingerprint density at radius 1 is 1.53 bits per heavy atom. The summed E-state index contributed by atoms with van der Waals surface area (Å²) in [4.78, 5) is 0. The molecular formula is C13H17ClFNO. The molecule has 1 fully saturated rings. The third-order valence-electron chi connectivity index (χ3n) is 3.37. The van der Waals surface area contributed by atoms with Crippen molar-refractivity contribution in [2.45, 2.75) is 18.9 Å². The summed E-state index contributed by atoms with van der Waals surface area (Å²) < 4.78 is 19.2. The van der Waals surface area contributed by atoms with Gasteiger partial charge in [-0.15, -0.1) is 0 Å². The average Bonchev–Trinajstić information content (AvgIpc) is 2.34. The highest BCUT2D eigenvalue weighted by atomic mass is 35.5. The predicted octanol–water partition coefficient (Wildman–Crippen LogP) is 2.65. The first-order chi connectivity index (χ1) is 8.22. The molecule has 0 radical (unpaired) electrons. The van der Waals surface area contributed by atoms with Crippen LogP contribution < -0.4 is 5.32 Å². The molecule has 94 valence electrons. The van der Waals surface area contributed by atoms with E-state index >= 15 is 0 Å². The van der Waals surface area contributed by atoms with E-state index in [1.54, 1.807) is 12.1 Å². The maximum atomic E-state index is 13.7. The van der Waals surface area contributed by atoms with Crippen molar-refractivity contribution in [3.05, 3.63) is 34.6 Å². The molecule has 2 rings (SSSR count). The molecule has 2 atom stereocenters. The van der Waals surface area contributed by atoms with E-state index in [9.17, 15) is 4.39 Å². The number of halogens is 2. The van der Waals surface area contributed by atoms with Crippen molar-refractivity contribution in [3.8, 4) is 0 Å². The highest BCUT2D eigenvalue weighted by Gasteiger charge is 2.26. The molecule has 1 saturated heterocycles. The summed E-state index contributed by atoms with van der Waals surface area (Å²) >= 11 is 6.04. The first-order valence-corrected chi connectivity index (χ1v) is 6.28. The number of rotatable bonds is 3. The number of nitrogens with one attached hydrogen (secondary N) is 1. The van der Waals surface area contributed by atoms with Crippen LogP contribution in [0.15, 0.2) is 18.2 Å². The molecule has 0 unspecified atom stereocenters. The summed E-state index contributed by atoms with van der Waals surface area (Å²) in [5.41, 5.74) is 0.602. The van der Waals surface area contributed by atoms with E-state index in [1.807, 2.05) is 7.05 Å². The Morgan fingerprint density at radius 2 is 2.35 bits per heavy atom. The van der Waals surface area contributed by atoms with Gasteiger partial charge >= 0.3 is 0 Å². The lowest BCUT2D eigenvalue weighted by Gasteiger charge is -2.31. The predicted molar refractivity (Wildman–Crippen MR) is 66.9 cm³/mol. The topological polar surface area (TPSA) is 21.3 Å². The Balaban J connectivity index is 2.13. The normalized spacial score (nSPS) is 24.9. The van der Waals surface area contributed by atoms with Gasteiger partial charge in [-0.1, -0.05) is 17.7 Å². The molecule has 4 heteroatoms. The summed E-state index contributed by atoms with van der Waals surface area (Å²) in [5, 5.41) is 3.77. The molecular weight excluding hydrogens is 241 g/mol. The lowest BCUT2D eigenvalue weighted by molar-refractivity contribution is 0.0339. The van der Waals surface area contributed by atoms with Crippen molar-refractivity contribution in [3.63, 3.8) is 0 Å². The van der Waals surface area contributed by atoms with Gasteiger partial charge in [0.25, 0.3) is 0 Å². The van der Waals surface area contributed by atoms with Crippen LogP contribution in [-0.2, 0) is 11.2 Å². The molecule has 1 N–H and O–H groups in total. The summed E-state index contributed by atoms with van der Waals surface area (Å²) in [7, 11) is 1.94. The first-order valence-electron chi connectivity index (χ1n) is 5.90. The molecule has 17 heavy (non-hydrogen) atoms. The van der Waals surface area contributed by atoms with Gasteiger partial charge in [0.1, 0.15) is 5.82 Å². The van der Waals surface area contributed by atoms with Gasteiger partial charge in [-0.2, -0.15) is 0 Å². The van der Waals surface area contributed by atoms with E-state index in [1.165, 1.54) is 6.07 Å². The zero-order chi connectivity index (χ0) is 12.3. The van der Waals surface area contributed by atoms with E-state index in [0.717, 1.165) is 13.0 Å². The third kappa shape index (κ3) is 2.97. The van der Waals surface area contributed by atoms with Crippen LogP contribution in [-0.4, -0.2) is 26.3 Å². The maximum Gasteiger partial charge on any atom is 0.127 e. The highest BCUT2D eigenvalue weighted by Crippen LogP contribution is 2.26. The van der Waals surface area contributed by atoms with Crippen LogP contribution in [0.4, 0.5) is 4.39 Å². The van der Waals surface area contributed by atoms with Crippen molar-refractivity contribution >= 4 is 11.6 Å². The second kappa shape index (κ2) is 5.80. The van der Waals surface area contributed by atoms with Crippen molar-refractivity contribution in [1.82, 2.24) is 5.32 Å². The van der Waals surface area contributed by atoms with E-state index < -0.39 is 0 Å². The van der Waals surface area contributed by atoms with E-state index in [2.05, 4.69) is 5.32 Å². The minimum atomic E-state index is -0.224. The molecule has 1 aliphatic heterocycles. The van der Waals surface area contributed by atoms with Crippen molar-refractivity contribution in [2.75, 3.05) is 20.3 Å². The van der Waals surface area contributed by atoms with Crippen molar-refractivity contribution < 1.29 is 9.13 Å². The Morgan fingerprint density at radius 3 is 3.06 bits per heavy atom. The summed E-state index contributed by atoms with van der Waals surface area (Å²) in [5.74, 6) is 0.0566. The summed E-state index contributed by atoms with van der Waals surface area (Å²) in [6.07, 6.45) is 1.59. The number of ether oxygens (including phenoxy) is 1. The van der Waals surface area contributed by atoms with Gasteiger partial charge in [-0.3, -0.25) is 0 Å². The molecule has 0 spiro atoms. The van der Waals surface area contributed by atoms with Crippen LogP contribution in [0.1, 0.15) is 12.0 Å². The lowest BCUT2D eigenvalue weighted by atomic mass is 9.89. The van der Waals surface area contributed by atoms with Crippen LogP contribution >= 0.6 is 11.6 Å². The molecule has 0 amide bonds. The van der Waals surface area contributed by atoms with Gasteiger partial charge in [0, 0.05) is 29.2 Å². The Labute approximate surface area is 106 Å². The molecule has 0 saturated carbocycles. The Hall–Kier alpha value is -0.640.